The van der Waals surface area contributed by atoms with Crippen molar-refractivity contribution in [2.24, 2.45) is 5.73 Å². The van der Waals surface area contributed by atoms with Crippen LogP contribution in [0, 0.1) is 6.92 Å². The van der Waals surface area contributed by atoms with Gasteiger partial charge in [-0.1, -0.05) is 5.16 Å². The minimum absolute atomic E-state index is 0.0896. The monoisotopic (exact) mass is 209 g/mol. The Labute approximate surface area is 88.2 Å². The molecule has 5 nitrogen and oxygen atoms in total. The molecule has 0 aromatic carbocycles. The number of hydrogen-bond donors (Lipinski definition) is 1. The van der Waals surface area contributed by atoms with Crippen LogP contribution in [0.15, 0.2) is 10.6 Å². The molecule has 2 N–H and O–H groups in total. The largest absolute Gasteiger partial charge is 0.351 e. The van der Waals surface area contributed by atoms with E-state index in [1.165, 1.54) is 0 Å². The average Bonchev–Trinajstić information content (AvgIpc) is 2.64. The van der Waals surface area contributed by atoms with E-state index < -0.39 is 0 Å². The van der Waals surface area contributed by atoms with Gasteiger partial charge in [0, 0.05) is 25.2 Å². The average molecular weight is 209 g/mol. The minimum atomic E-state index is -0.106. The summed E-state index contributed by atoms with van der Waals surface area (Å²) in [5, 5.41) is 3.70. The number of nitrogens with zero attached hydrogens (tertiary/aromatic N) is 2. The molecule has 1 aliphatic rings. The Morgan fingerprint density at radius 2 is 2.53 bits per heavy atom. The summed E-state index contributed by atoms with van der Waals surface area (Å²) in [5.41, 5.74) is 6.53. The van der Waals surface area contributed by atoms with Gasteiger partial charge in [0.2, 0.25) is 5.76 Å². The van der Waals surface area contributed by atoms with Crippen LogP contribution in [0.4, 0.5) is 0 Å². The second-order valence-electron chi connectivity index (χ2n) is 3.99. The van der Waals surface area contributed by atoms with Crippen LogP contribution in [-0.2, 0) is 0 Å². The maximum atomic E-state index is 11.9. The Morgan fingerprint density at radius 3 is 3.13 bits per heavy atom. The molecule has 0 spiro atoms. The van der Waals surface area contributed by atoms with Crippen molar-refractivity contribution in [2.45, 2.75) is 25.8 Å². The van der Waals surface area contributed by atoms with E-state index in [0.717, 1.165) is 25.1 Å². The number of rotatable bonds is 1. The Balaban J connectivity index is 2.07. The van der Waals surface area contributed by atoms with Gasteiger partial charge in [0.25, 0.3) is 5.91 Å². The highest BCUT2D eigenvalue weighted by atomic mass is 16.5. The van der Waals surface area contributed by atoms with Crippen LogP contribution in [0.25, 0.3) is 0 Å². The Kier molecular flexibility index (Phi) is 2.73. The third-order valence-corrected chi connectivity index (χ3v) is 2.58. The first-order valence-corrected chi connectivity index (χ1v) is 5.15. The van der Waals surface area contributed by atoms with Gasteiger partial charge in [-0.25, -0.2) is 0 Å². The van der Waals surface area contributed by atoms with E-state index in [2.05, 4.69) is 5.16 Å². The van der Waals surface area contributed by atoms with E-state index in [9.17, 15) is 4.79 Å². The van der Waals surface area contributed by atoms with Crippen LogP contribution in [-0.4, -0.2) is 35.1 Å². The van der Waals surface area contributed by atoms with E-state index in [1.807, 2.05) is 0 Å². The van der Waals surface area contributed by atoms with E-state index in [0.29, 0.717) is 12.3 Å². The summed E-state index contributed by atoms with van der Waals surface area (Å²) in [5.74, 6) is 0.201. The van der Waals surface area contributed by atoms with Gasteiger partial charge in [0.05, 0.1) is 5.69 Å². The SMILES string of the molecule is Cc1cc(C(=O)N2CCC[C@@H](N)C2)on1. The summed E-state index contributed by atoms with van der Waals surface area (Å²) >= 11 is 0. The fraction of sp³-hybridized carbons (Fsp3) is 0.600. The molecule has 1 saturated heterocycles. The molecular formula is C10H15N3O2. The van der Waals surface area contributed by atoms with Gasteiger partial charge in [-0.2, -0.15) is 0 Å². The van der Waals surface area contributed by atoms with Crippen LogP contribution in [0.3, 0.4) is 0 Å². The lowest BCUT2D eigenvalue weighted by Gasteiger charge is -2.29. The van der Waals surface area contributed by atoms with Crippen LogP contribution < -0.4 is 5.73 Å². The molecule has 2 heterocycles. The summed E-state index contributed by atoms with van der Waals surface area (Å²) in [7, 11) is 0. The molecule has 0 saturated carbocycles. The van der Waals surface area contributed by atoms with Crippen molar-refractivity contribution in [1.29, 1.82) is 0 Å². The van der Waals surface area contributed by atoms with E-state index in [-0.39, 0.29) is 11.9 Å². The molecule has 1 aromatic rings. The molecule has 1 atom stereocenters. The quantitative estimate of drug-likeness (QED) is 0.733. The third-order valence-electron chi connectivity index (χ3n) is 2.58. The molecule has 0 aliphatic carbocycles. The molecule has 2 rings (SSSR count). The number of nitrogens with two attached hydrogens (primary N) is 1. The fourth-order valence-electron chi connectivity index (χ4n) is 1.81. The van der Waals surface area contributed by atoms with Crippen molar-refractivity contribution in [3.63, 3.8) is 0 Å². The number of carbonyl (C=O) groups excluding carboxylic acids is 1. The second-order valence-corrected chi connectivity index (χ2v) is 3.99. The van der Waals surface area contributed by atoms with Gasteiger partial charge in [-0.05, 0) is 19.8 Å². The number of carbonyl (C=O) groups is 1. The van der Waals surface area contributed by atoms with Gasteiger partial charge in [-0.15, -0.1) is 0 Å². The first kappa shape index (κ1) is 10.2. The molecule has 1 aromatic heterocycles. The summed E-state index contributed by atoms with van der Waals surface area (Å²) in [6.07, 6.45) is 1.94. The molecule has 5 heteroatoms. The van der Waals surface area contributed by atoms with Crippen molar-refractivity contribution in [1.82, 2.24) is 10.1 Å². The molecule has 82 valence electrons. The summed E-state index contributed by atoms with van der Waals surface area (Å²) in [4.78, 5) is 13.6. The molecule has 1 amide bonds. The van der Waals surface area contributed by atoms with Crippen molar-refractivity contribution in [3.8, 4) is 0 Å². The molecule has 0 bridgehead atoms. The maximum absolute atomic E-state index is 11.9. The highest BCUT2D eigenvalue weighted by molar-refractivity contribution is 5.91. The normalized spacial score (nSPS) is 21.7. The van der Waals surface area contributed by atoms with Gasteiger partial charge in [-0.3, -0.25) is 4.79 Å². The van der Waals surface area contributed by atoms with Crippen LogP contribution in [0.2, 0.25) is 0 Å². The molecular weight excluding hydrogens is 194 g/mol. The number of hydrogen-bond acceptors (Lipinski definition) is 4. The fourth-order valence-corrected chi connectivity index (χ4v) is 1.81. The Hall–Kier alpha value is -1.36. The number of piperidine rings is 1. The zero-order chi connectivity index (χ0) is 10.8. The Morgan fingerprint density at radius 1 is 1.73 bits per heavy atom. The predicted octanol–water partition coefficient (Wildman–Crippen LogP) is 0.546. The summed E-state index contributed by atoms with van der Waals surface area (Å²) < 4.78 is 4.93. The number of amides is 1. The van der Waals surface area contributed by atoms with Crippen LogP contribution in [0.5, 0.6) is 0 Å². The van der Waals surface area contributed by atoms with E-state index >= 15 is 0 Å². The second kappa shape index (κ2) is 4.02. The topological polar surface area (TPSA) is 72.4 Å². The number of aryl methyl sites for hydroxylation is 1. The lowest BCUT2D eigenvalue weighted by Crippen LogP contribution is -2.45. The van der Waals surface area contributed by atoms with Crippen molar-refractivity contribution in [2.75, 3.05) is 13.1 Å². The van der Waals surface area contributed by atoms with Gasteiger partial charge in [0.1, 0.15) is 0 Å². The lowest BCUT2D eigenvalue weighted by atomic mass is 10.1. The molecule has 0 unspecified atom stereocenters. The summed E-state index contributed by atoms with van der Waals surface area (Å²) in [6.45, 7) is 3.16. The highest BCUT2D eigenvalue weighted by Crippen LogP contribution is 2.13. The molecule has 1 fully saturated rings. The van der Waals surface area contributed by atoms with Gasteiger partial charge < -0.3 is 15.2 Å². The van der Waals surface area contributed by atoms with Crippen molar-refractivity contribution < 1.29 is 9.32 Å². The van der Waals surface area contributed by atoms with Crippen LogP contribution in [0.1, 0.15) is 29.1 Å². The van der Waals surface area contributed by atoms with Gasteiger partial charge in [0.15, 0.2) is 0 Å². The van der Waals surface area contributed by atoms with Crippen molar-refractivity contribution >= 4 is 5.91 Å². The number of likely N-dealkylation sites (tertiary alicyclic amines) is 1. The predicted molar refractivity (Wildman–Crippen MR) is 54.4 cm³/mol. The smallest absolute Gasteiger partial charge is 0.292 e. The summed E-state index contributed by atoms with van der Waals surface area (Å²) in [6, 6.07) is 1.74. The lowest BCUT2D eigenvalue weighted by molar-refractivity contribution is 0.0667. The van der Waals surface area contributed by atoms with E-state index in [4.69, 9.17) is 10.3 Å². The third kappa shape index (κ3) is 2.18. The number of aromatic nitrogens is 1. The zero-order valence-electron chi connectivity index (χ0n) is 8.77. The maximum Gasteiger partial charge on any atom is 0.292 e. The zero-order valence-corrected chi connectivity index (χ0v) is 8.77. The van der Waals surface area contributed by atoms with Crippen molar-refractivity contribution in [3.05, 3.63) is 17.5 Å². The molecule has 1 aliphatic heterocycles. The van der Waals surface area contributed by atoms with E-state index in [1.54, 1.807) is 17.9 Å². The standard InChI is InChI=1S/C10H15N3O2/c1-7-5-9(15-12-7)10(14)13-4-2-3-8(11)6-13/h5,8H,2-4,6,11H2,1H3/t8-/m1/s1. The molecule has 0 radical (unpaired) electrons. The highest BCUT2D eigenvalue weighted by Gasteiger charge is 2.24. The Bertz CT molecular complexity index is 361. The minimum Gasteiger partial charge on any atom is -0.351 e. The van der Waals surface area contributed by atoms with Gasteiger partial charge >= 0.3 is 0 Å². The van der Waals surface area contributed by atoms with Crippen LogP contribution >= 0.6 is 0 Å². The molecule has 15 heavy (non-hydrogen) atoms. The first-order chi connectivity index (χ1) is 7.16. The first-order valence-electron chi connectivity index (χ1n) is 5.15.